The van der Waals surface area contributed by atoms with Crippen molar-refractivity contribution in [3.8, 4) is 0 Å². The molecule has 1 saturated carbocycles. The summed E-state index contributed by atoms with van der Waals surface area (Å²) in [5.41, 5.74) is 0. The van der Waals surface area contributed by atoms with Crippen molar-refractivity contribution in [2.75, 3.05) is 13.2 Å². The smallest absolute Gasteiger partial charge is 0.302 e. The van der Waals surface area contributed by atoms with E-state index in [1.54, 1.807) is 0 Å². The molecule has 1 aliphatic carbocycles. The fourth-order valence-corrected chi connectivity index (χ4v) is 5.05. The van der Waals surface area contributed by atoms with Crippen LogP contribution in [0.2, 0.25) is 0 Å². The molecular weight excluding hydrogens is 352 g/mol. The molecule has 0 aromatic carbocycles. The minimum Gasteiger partial charge on any atom is -0.466 e. The van der Waals surface area contributed by atoms with Crippen LogP contribution in [-0.4, -0.2) is 49.4 Å². The van der Waals surface area contributed by atoms with Gasteiger partial charge in [0.1, 0.15) is 6.10 Å². The minimum atomic E-state index is -0.658. The first kappa shape index (κ1) is 20.6. The van der Waals surface area contributed by atoms with Crippen LogP contribution in [0.1, 0.15) is 53.9 Å². The normalized spacial score (nSPS) is 38.0. The van der Waals surface area contributed by atoms with Gasteiger partial charge in [-0.3, -0.25) is 9.59 Å². The van der Waals surface area contributed by atoms with Crippen LogP contribution in [0.3, 0.4) is 0 Å². The van der Waals surface area contributed by atoms with Crippen molar-refractivity contribution < 1.29 is 33.3 Å². The molecule has 2 aliphatic heterocycles. The van der Waals surface area contributed by atoms with Crippen molar-refractivity contribution in [2.45, 2.75) is 78.2 Å². The first-order chi connectivity index (χ1) is 12.7. The van der Waals surface area contributed by atoms with Crippen molar-refractivity contribution in [1.29, 1.82) is 0 Å². The molecule has 27 heavy (non-hydrogen) atoms. The molecule has 2 heterocycles. The second-order valence-corrected chi connectivity index (χ2v) is 8.54. The van der Waals surface area contributed by atoms with E-state index in [1.165, 1.54) is 13.8 Å². The van der Waals surface area contributed by atoms with E-state index in [2.05, 4.69) is 6.92 Å². The number of rotatable bonds is 6. The Kier molecular flexibility index (Phi) is 6.13. The van der Waals surface area contributed by atoms with Gasteiger partial charge in [-0.25, -0.2) is 0 Å². The highest BCUT2D eigenvalue weighted by Crippen LogP contribution is 2.52. The van der Waals surface area contributed by atoms with Crippen LogP contribution in [0.25, 0.3) is 0 Å². The second kappa shape index (κ2) is 8.05. The van der Waals surface area contributed by atoms with Crippen LogP contribution in [0.15, 0.2) is 0 Å². The van der Waals surface area contributed by atoms with Crippen molar-refractivity contribution in [2.24, 2.45) is 23.7 Å². The largest absolute Gasteiger partial charge is 0.466 e. The number of carbonyl (C=O) groups is 2. The number of ether oxygens (including phenoxy) is 5. The molecule has 0 amide bonds. The van der Waals surface area contributed by atoms with Crippen LogP contribution >= 0.6 is 0 Å². The molecule has 154 valence electrons. The summed E-state index contributed by atoms with van der Waals surface area (Å²) in [6, 6.07) is 0. The number of hydrogen-bond acceptors (Lipinski definition) is 7. The third-order valence-corrected chi connectivity index (χ3v) is 6.05. The van der Waals surface area contributed by atoms with Crippen molar-refractivity contribution >= 4 is 11.9 Å². The molecule has 0 bridgehead atoms. The minimum absolute atomic E-state index is 0.0888. The van der Waals surface area contributed by atoms with Crippen molar-refractivity contribution in [3.05, 3.63) is 0 Å². The van der Waals surface area contributed by atoms with Gasteiger partial charge in [-0.15, -0.1) is 0 Å². The molecule has 7 heteroatoms. The maximum absolute atomic E-state index is 11.4. The van der Waals surface area contributed by atoms with E-state index in [1.807, 2.05) is 13.8 Å². The SMILES string of the molecule is CC(=O)OCC[C@H](C)[C@H]1[C@@H](COC(C)=O)CC[C@H]2O[C@@H]3OC(C)(C)O[C@@H]3[C@H]12. The molecule has 0 aromatic rings. The predicted octanol–water partition coefficient (Wildman–Crippen LogP) is 2.66. The van der Waals surface area contributed by atoms with Crippen LogP contribution in [-0.2, 0) is 33.3 Å². The Labute approximate surface area is 161 Å². The lowest BCUT2D eigenvalue weighted by Crippen LogP contribution is -2.46. The zero-order valence-electron chi connectivity index (χ0n) is 16.9. The van der Waals surface area contributed by atoms with E-state index in [0.29, 0.717) is 13.2 Å². The van der Waals surface area contributed by atoms with Crippen LogP contribution in [0.4, 0.5) is 0 Å². The number of fused-ring (bicyclic) bond motifs is 3. The van der Waals surface area contributed by atoms with E-state index in [9.17, 15) is 9.59 Å². The van der Waals surface area contributed by atoms with Gasteiger partial charge >= 0.3 is 11.9 Å². The van der Waals surface area contributed by atoms with E-state index in [-0.39, 0.29) is 54.1 Å². The Morgan fingerprint density at radius 1 is 1.11 bits per heavy atom. The fraction of sp³-hybridized carbons (Fsp3) is 0.900. The molecule has 7 atom stereocenters. The average molecular weight is 384 g/mol. The molecule has 7 nitrogen and oxygen atoms in total. The van der Waals surface area contributed by atoms with E-state index >= 15 is 0 Å². The first-order valence-corrected chi connectivity index (χ1v) is 9.96. The molecule has 3 aliphatic rings. The quantitative estimate of drug-likeness (QED) is 0.651. The number of esters is 2. The van der Waals surface area contributed by atoms with Gasteiger partial charge in [0.25, 0.3) is 0 Å². The molecule has 2 saturated heterocycles. The molecule has 3 rings (SSSR count). The molecule has 0 radical (unpaired) electrons. The van der Waals surface area contributed by atoms with Crippen LogP contribution in [0.5, 0.6) is 0 Å². The average Bonchev–Trinajstić information content (AvgIpc) is 3.03. The Morgan fingerprint density at radius 2 is 1.81 bits per heavy atom. The molecular formula is C20H32O7. The third kappa shape index (κ3) is 4.63. The van der Waals surface area contributed by atoms with Gasteiger partial charge < -0.3 is 23.7 Å². The highest BCUT2D eigenvalue weighted by atomic mass is 16.8. The molecule has 0 N–H and O–H groups in total. The van der Waals surface area contributed by atoms with Gasteiger partial charge in [0.2, 0.25) is 0 Å². The van der Waals surface area contributed by atoms with E-state index in [0.717, 1.165) is 19.3 Å². The maximum Gasteiger partial charge on any atom is 0.302 e. The van der Waals surface area contributed by atoms with E-state index < -0.39 is 5.79 Å². The highest BCUT2D eigenvalue weighted by molar-refractivity contribution is 5.66. The van der Waals surface area contributed by atoms with Gasteiger partial charge in [0.05, 0.1) is 19.3 Å². The zero-order valence-corrected chi connectivity index (χ0v) is 16.9. The topological polar surface area (TPSA) is 80.3 Å². The van der Waals surface area contributed by atoms with Crippen LogP contribution in [0, 0.1) is 23.7 Å². The molecule has 0 aromatic heterocycles. The Bertz CT molecular complexity index is 561. The maximum atomic E-state index is 11.4. The standard InChI is InChI=1S/C20H32O7/c1-11(8-9-23-12(2)21)16-14(10-24-13(3)22)6-7-15-17(16)18-19(25-15)27-20(4,5)26-18/h11,14-19H,6-10H2,1-5H3/t11-,14+,15+,16-,17-,18+,19+/m0/s1. The molecule has 0 spiro atoms. The second-order valence-electron chi connectivity index (χ2n) is 8.54. The highest BCUT2D eigenvalue weighted by Gasteiger charge is 2.59. The lowest BCUT2D eigenvalue weighted by atomic mass is 9.64. The summed E-state index contributed by atoms with van der Waals surface area (Å²) in [5.74, 6) is -0.257. The Balaban J connectivity index is 1.76. The molecule has 3 fully saturated rings. The summed E-state index contributed by atoms with van der Waals surface area (Å²) in [4.78, 5) is 22.5. The van der Waals surface area contributed by atoms with E-state index in [4.69, 9.17) is 23.7 Å². The summed E-state index contributed by atoms with van der Waals surface area (Å²) in [6.07, 6.45) is 2.22. The lowest BCUT2D eigenvalue weighted by molar-refractivity contribution is -0.219. The van der Waals surface area contributed by atoms with Gasteiger partial charge in [-0.05, 0) is 50.9 Å². The van der Waals surface area contributed by atoms with Gasteiger partial charge in [0, 0.05) is 19.8 Å². The van der Waals surface area contributed by atoms with Gasteiger partial charge in [-0.1, -0.05) is 6.92 Å². The van der Waals surface area contributed by atoms with Crippen molar-refractivity contribution in [1.82, 2.24) is 0 Å². The van der Waals surface area contributed by atoms with Crippen LogP contribution < -0.4 is 0 Å². The number of carbonyl (C=O) groups excluding carboxylic acids is 2. The van der Waals surface area contributed by atoms with Gasteiger partial charge in [-0.2, -0.15) is 0 Å². The Morgan fingerprint density at radius 3 is 2.48 bits per heavy atom. The summed E-state index contributed by atoms with van der Waals surface area (Å²) in [6.45, 7) is 9.64. The first-order valence-electron chi connectivity index (χ1n) is 9.96. The summed E-state index contributed by atoms with van der Waals surface area (Å²) >= 11 is 0. The number of hydrogen-bond donors (Lipinski definition) is 0. The molecule has 0 unspecified atom stereocenters. The predicted molar refractivity (Wildman–Crippen MR) is 95.4 cm³/mol. The Hall–Kier alpha value is -1.18. The summed E-state index contributed by atoms with van der Waals surface area (Å²) < 4.78 is 28.8. The van der Waals surface area contributed by atoms with Gasteiger partial charge in [0.15, 0.2) is 12.1 Å². The lowest BCUT2D eigenvalue weighted by Gasteiger charge is -2.43. The summed E-state index contributed by atoms with van der Waals surface area (Å²) in [7, 11) is 0. The zero-order chi connectivity index (χ0) is 19.8. The fourth-order valence-electron chi connectivity index (χ4n) is 5.05. The monoisotopic (exact) mass is 384 g/mol. The third-order valence-electron chi connectivity index (χ3n) is 6.05. The van der Waals surface area contributed by atoms with Crippen molar-refractivity contribution in [3.63, 3.8) is 0 Å². The summed E-state index contributed by atoms with van der Waals surface area (Å²) in [5, 5.41) is 0.